The lowest BCUT2D eigenvalue weighted by atomic mass is 9.86. The molecule has 110 valence electrons. The molecule has 0 aromatic rings. The van der Waals surface area contributed by atoms with Crippen molar-refractivity contribution < 1.29 is 16.8 Å². The summed E-state index contributed by atoms with van der Waals surface area (Å²) in [6, 6.07) is 0. The number of sulfonamides is 2. The van der Waals surface area contributed by atoms with E-state index in [1.807, 2.05) is 0 Å². The van der Waals surface area contributed by atoms with Crippen molar-refractivity contribution in [3.05, 3.63) is 0 Å². The van der Waals surface area contributed by atoms with Crippen LogP contribution in [0.2, 0.25) is 0 Å². The Morgan fingerprint density at radius 1 is 0.944 bits per heavy atom. The highest BCUT2D eigenvalue weighted by Gasteiger charge is 2.21. The van der Waals surface area contributed by atoms with Crippen molar-refractivity contribution in [2.75, 3.05) is 11.5 Å². The Morgan fingerprint density at radius 3 is 1.89 bits per heavy atom. The molecule has 0 aliphatic carbocycles. The maximum atomic E-state index is 11.6. The summed E-state index contributed by atoms with van der Waals surface area (Å²) in [5, 5.41) is 0. The largest absolute Gasteiger partial charge is 0.224 e. The van der Waals surface area contributed by atoms with Crippen molar-refractivity contribution in [1.29, 1.82) is 0 Å². The van der Waals surface area contributed by atoms with Gasteiger partial charge in [-0.05, 0) is 24.7 Å². The lowest BCUT2D eigenvalue weighted by molar-refractivity contribution is 0.319. The molecule has 0 atom stereocenters. The van der Waals surface area contributed by atoms with Gasteiger partial charge in [0.05, 0.1) is 11.5 Å². The molecule has 7 heteroatoms. The van der Waals surface area contributed by atoms with Crippen LogP contribution in [-0.2, 0) is 20.0 Å². The predicted octanol–water partition coefficient (Wildman–Crippen LogP) is 1.86. The molecule has 0 aromatic heterocycles. The minimum atomic E-state index is -3.73. The van der Waals surface area contributed by atoms with Gasteiger partial charge < -0.3 is 0 Å². The average Bonchev–Trinajstić information content (AvgIpc) is 2.14. The van der Waals surface area contributed by atoms with Crippen LogP contribution in [0.4, 0.5) is 0 Å². The fourth-order valence-electron chi connectivity index (χ4n) is 1.46. The molecule has 5 nitrogen and oxygen atoms in total. The number of hydrogen-bond donors (Lipinski definition) is 1. The van der Waals surface area contributed by atoms with Gasteiger partial charge in [-0.2, -0.15) is 0 Å². The Labute approximate surface area is 111 Å². The molecule has 0 amide bonds. The van der Waals surface area contributed by atoms with E-state index in [1.54, 1.807) is 11.1 Å². The van der Waals surface area contributed by atoms with Gasteiger partial charge >= 0.3 is 0 Å². The molecule has 0 saturated carbocycles. The summed E-state index contributed by atoms with van der Waals surface area (Å²) in [6.45, 7) is 7.88. The minimum Gasteiger partial charge on any atom is -0.211 e. The Balaban J connectivity index is 4.35. The van der Waals surface area contributed by atoms with E-state index in [0.717, 1.165) is 12.8 Å². The number of hydrogen-bond acceptors (Lipinski definition) is 4. The molecule has 0 radical (unpaired) electrons. The van der Waals surface area contributed by atoms with E-state index >= 15 is 0 Å². The molecule has 0 aliphatic rings. The van der Waals surface area contributed by atoms with Crippen molar-refractivity contribution in [2.24, 2.45) is 5.41 Å². The molecule has 0 spiro atoms. The molecule has 18 heavy (non-hydrogen) atoms. The van der Waals surface area contributed by atoms with E-state index in [9.17, 15) is 16.8 Å². The van der Waals surface area contributed by atoms with E-state index in [2.05, 4.69) is 20.8 Å². The molecule has 1 N–H and O–H groups in total. The van der Waals surface area contributed by atoms with Gasteiger partial charge in [0.15, 0.2) is 0 Å². The van der Waals surface area contributed by atoms with Gasteiger partial charge in [0, 0.05) is 0 Å². The molecule has 0 fully saturated rings. The van der Waals surface area contributed by atoms with E-state index < -0.39 is 20.0 Å². The van der Waals surface area contributed by atoms with Gasteiger partial charge in [-0.1, -0.05) is 34.1 Å². The first-order chi connectivity index (χ1) is 8.04. The van der Waals surface area contributed by atoms with Crippen LogP contribution in [0.25, 0.3) is 0 Å². The highest BCUT2D eigenvalue weighted by molar-refractivity contribution is 8.04. The van der Waals surface area contributed by atoms with Crippen LogP contribution >= 0.6 is 0 Å². The van der Waals surface area contributed by atoms with Crippen LogP contribution < -0.4 is 4.13 Å². The van der Waals surface area contributed by atoms with Crippen LogP contribution in [0.3, 0.4) is 0 Å². The van der Waals surface area contributed by atoms with Gasteiger partial charge in [0.2, 0.25) is 20.0 Å². The average molecular weight is 299 g/mol. The highest BCUT2D eigenvalue weighted by Crippen LogP contribution is 2.26. The van der Waals surface area contributed by atoms with Gasteiger partial charge in [0.1, 0.15) is 0 Å². The lowest BCUT2D eigenvalue weighted by Gasteiger charge is -2.22. The van der Waals surface area contributed by atoms with Gasteiger partial charge in [0.25, 0.3) is 0 Å². The van der Waals surface area contributed by atoms with Gasteiger partial charge in [-0.25, -0.2) is 16.8 Å². The maximum Gasteiger partial charge on any atom is 0.224 e. The monoisotopic (exact) mass is 299 g/mol. The third-order valence-electron chi connectivity index (χ3n) is 2.95. The SMILES string of the molecule is CCCS(=O)(=O)NS(=O)(=O)CCCC(C)(C)CC. The number of rotatable bonds is 9. The summed E-state index contributed by atoms with van der Waals surface area (Å²) in [6.07, 6.45) is 2.60. The van der Waals surface area contributed by atoms with Crippen molar-refractivity contribution in [3.8, 4) is 0 Å². The van der Waals surface area contributed by atoms with Crippen molar-refractivity contribution in [2.45, 2.75) is 53.4 Å². The third kappa shape index (κ3) is 8.05. The Bertz CT molecular complexity index is 438. The zero-order valence-corrected chi connectivity index (χ0v) is 13.3. The summed E-state index contributed by atoms with van der Waals surface area (Å²) in [5.41, 5.74) is 0.0951. The van der Waals surface area contributed by atoms with Crippen molar-refractivity contribution in [3.63, 3.8) is 0 Å². The first-order valence-electron chi connectivity index (χ1n) is 6.27. The van der Waals surface area contributed by atoms with E-state index in [-0.39, 0.29) is 16.9 Å². The van der Waals surface area contributed by atoms with E-state index in [4.69, 9.17) is 0 Å². The van der Waals surface area contributed by atoms with Gasteiger partial charge in [-0.3, -0.25) is 0 Å². The lowest BCUT2D eigenvalue weighted by Crippen LogP contribution is -2.34. The second-order valence-electron chi connectivity index (χ2n) is 5.34. The molecular formula is C11H25NO4S2. The van der Waals surface area contributed by atoms with Crippen LogP contribution in [0.15, 0.2) is 0 Å². The summed E-state index contributed by atoms with van der Waals surface area (Å²) in [5.74, 6) is -0.300. The van der Waals surface area contributed by atoms with Gasteiger partial charge in [-0.15, -0.1) is 4.13 Å². The molecular weight excluding hydrogens is 274 g/mol. The Morgan fingerprint density at radius 2 is 1.44 bits per heavy atom. The molecule has 0 bridgehead atoms. The van der Waals surface area contributed by atoms with E-state index in [0.29, 0.717) is 12.8 Å². The van der Waals surface area contributed by atoms with Crippen LogP contribution in [0.5, 0.6) is 0 Å². The van der Waals surface area contributed by atoms with Crippen molar-refractivity contribution in [1.82, 2.24) is 4.13 Å². The highest BCUT2D eigenvalue weighted by atomic mass is 32.3. The third-order valence-corrected chi connectivity index (χ3v) is 6.75. The first-order valence-corrected chi connectivity index (χ1v) is 9.58. The van der Waals surface area contributed by atoms with E-state index in [1.165, 1.54) is 0 Å². The van der Waals surface area contributed by atoms with Crippen LogP contribution in [0.1, 0.15) is 53.4 Å². The maximum absolute atomic E-state index is 11.6. The summed E-state index contributed by atoms with van der Waals surface area (Å²) < 4.78 is 47.7. The molecule has 0 unspecified atom stereocenters. The second kappa shape index (κ2) is 6.86. The topological polar surface area (TPSA) is 80.3 Å². The summed E-state index contributed by atoms with van der Waals surface area (Å²) >= 11 is 0. The Hall–Kier alpha value is -0.140. The first kappa shape index (κ1) is 17.9. The second-order valence-corrected chi connectivity index (χ2v) is 9.28. The minimum absolute atomic E-state index is 0.0951. The summed E-state index contributed by atoms with van der Waals surface area (Å²) in [4.78, 5) is 0. The van der Waals surface area contributed by atoms with Crippen molar-refractivity contribution >= 4 is 20.0 Å². The predicted molar refractivity (Wildman–Crippen MR) is 74.3 cm³/mol. The smallest absolute Gasteiger partial charge is 0.211 e. The molecule has 0 heterocycles. The normalized spacial score (nSPS) is 13.8. The van der Waals surface area contributed by atoms with Crippen LogP contribution in [-0.4, -0.2) is 28.3 Å². The molecule has 0 aliphatic heterocycles. The molecule has 0 saturated heterocycles. The fourth-order valence-corrected chi connectivity index (χ4v) is 4.74. The standard InChI is InChI=1S/C11H25NO4S2/c1-5-9-17(13,14)12-18(15,16)10-7-8-11(3,4)6-2/h12H,5-10H2,1-4H3. The quantitative estimate of drug-likeness (QED) is 0.704. The molecule has 0 aromatic carbocycles. The zero-order chi connectivity index (χ0) is 14.4. The number of nitrogens with one attached hydrogen (secondary N) is 1. The van der Waals surface area contributed by atoms with Crippen LogP contribution in [0, 0.1) is 5.41 Å². The zero-order valence-electron chi connectivity index (χ0n) is 11.7. The molecule has 0 rings (SSSR count). The summed E-state index contributed by atoms with van der Waals surface area (Å²) in [7, 11) is -7.43. The fraction of sp³-hybridized carbons (Fsp3) is 1.00. The Kier molecular flexibility index (Phi) is 6.81.